The van der Waals surface area contributed by atoms with Crippen LogP contribution in [0.2, 0.25) is 0 Å². The van der Waals surface area contributed by atoms with Crippen LogP contribution in [0.4, 0.5) is 0 Å². The minimum atomic E-state index is -0.603. The van der Waals surface area contributed by atoms with Crippen LogP contribution in [0.1, 0.15) is 27.0 Å². The third-order valence-electron chi connectivity index (χ3n) is 4.43. The van der Waals surface area contributed by atoms with Crippen molar-refractivity contribution in [3.05, 3.63) is 58.8 Å². The van der Waals surface area contributed by atoms with Gasteiger partial charge in [-0.15, -0.1) is 0 Å². The molecule has 0 atom stereocenters. The molecule has 0 bridgehead atoms. The molecule has 25 heavy (non-hydrogen) atoms. The summed E-state index contributed by atoms with van der Waals surface area (Å²) in [6, 6.07) is 10.9. The molecule has 0 saturated heterocycles. The van der Waals surface area contributed by atoms with Gasteiger partial charge in [0.1, 0.15) is 17.4 Å². The number of ether oxygens (including phenoxy) is 2. The largest absolute Gasteiger partial charge is 0.507 e. The van der Waals surface area contributed by atoms with Gasteiger partial charge in [-0.25, -0.2) is 4.79 Å². The van der Waals surface area contributed by atoms with Gasteiger partial charge in [-0.05, 0) is 35.4 Å². The maximum atomic E-state index is 11.6. The van der Waals surface area contributed by atoms with Crippen LogP contribution in [-0.2, 0) is 22.7 Å². The number of rotatable bonds is 2. The second kappa shape index (κ2) is 5.65. The SMILES string of the molecule is COC(=O)c1ccc(-n2cc(C#N)c3cc4c(cc32)COC4)cc1O. The second-order valence-corrected chi connectivity index (χ2v) is 5.85. The van der Waals surface area contributed by atoms with Crippen molar-refractivity contribution in [1.82, 2.24) is 4.57 Å². The summed E-state index contributed by atoms with van der Waals surface area (Å²) < 4.78 is 11.9. The molecule has 0 fully saturated rings. The highest BCUT2D eigenvalue weighted by Crippen LogP contribution is 2.32. The fourth-order valence-electron chi connectivity index (χ4n) is 3.15. The Balaban J connectivity index is 1.91. The van der Waals surface area contributed by atoms with E-state index >= 15 is 0 Å². The molecule has 2 heterocycles. The average Bonchev–Trinajstić information content (AvgIpc) is 3.22. The normalized spacial score (nSPS) is 12.8. The first-order valence-corrected chi connectivity index (χ1v) is 7.68. The third kappa shape index (κ3) is 2.33. The van der Waals surface area contributed by atoms with E-state index in [0.717, 1.165) is 22.0 Å². The molecule has 124 valence electrons. The van der Waals surface area contributed by atoms with E-state index in [1.165, 1.54) is 19.2 Å². The number of nitriles is 1. The lowest BCUT2D eigenvalue weighted by molar-refractivity contribution is 0.0597. The number of hydrogen-bond donors (Lipinski definition) is 1. The first-order chi connectivity index (χ1) is 12.1. The summed E-state index contributed by atoms with van der Waals surface area (Å²) in [5, 5.41) is 20.4. The first kappa shape index (κ1) is 15.2. The molecule has 6 heteroatoms. The maximum absolute atomic E-state index is 11.6. The lowest BCUT2D eigenvalue weighted by Gasteiger charge is -2.09. The van der Waals surface area contributed by atoms with Gasteiger partial charge in [0.25, 0.3) is 0 Å². The molecule has 0 unspecified atom stereocenters. The Hall–Kier alpha value is -3.30. The highest BCUT2D eigenvalue weighted by Gasteiger charge is 2.18. The average molecular weight is 334 g/mol. The molecular weight excluding hydrogens is 320 g/mol. The zero-order chi connectivity index (χ0) is 17.6. The summed E-state index contributed by atoms with van der Waals surface area (Å²) in [4.78, 5) is 11.6. The standard InChI is InChI=1S/C19H14N2O4/c1-24-19(23)15-3-2-14(6-18(15)22)21-8-13(7-20)16-4-11-9-25-10-12(11)5-17(16)21/h2-6,8,22H,9-10H2,1H3. The Bertz CT molecular complexity index is 1060. The molecule has 1 aromatic heterocycles. The summed E-state index contributed by atoms with van der Waals surface area (Å²) in [5.41, 5.74) is 4.32. The van der Waals surface area contributed by atoms with Crippen molar-refractivity contribution in [2.45, 2.75) is 13.2 Å². The summed E-state index contributed by atoms with van der Waals surface area (Å²) in [7, 11) is 1.26. The van der Waals surface area contributed by atoms with Crippen LogP contribution in [-0.4, -0.2) is 22.8 Å². The van der Waals surface area contributed by atoms with Gasteiger partial charge in [0.15, 0.2) is 0 Å². The topological polar surface area (TPSA) is 84.5 Å². The number of aromatic nitrogens is 1. The molecule has 0 amide bonds. The maximum Gasteiger partial charge on any atom is 0.341 e. The Kier molecular flexibility index (Phi) is 3.45. The quantitative estimate of drug-likeness (QED) is 0.728. The minimum absolute atomic E-state index is 0.0949. The first-order valence-electron chi connectivity index (χ1n) is 7.68. The predicted octanol–water partition coefficient (Wildman–Crippen LogP) is 3.02. The van der Waals surface area contributed by atoms with Gasteiger partial charge in [0.2, 0.25) is 0 Å². The molecule has 2 aromatic carbocycles. The van der Waals surface area contributed by atoms with Gasteiger partial charge < -0.3 is 19.1 Å². The fraction of sp³-hybridized carbons (Fsp3) is 0.158. The number of methoxy groups -OCH3 is 1. The Morgan fingerprint density at radius 2 is 2.04 bits per heavy atom. The number of nitrogens with zero attached hydrogens (tertiary/aromatic N) is 2. The molecule has 0 spiro atoms. The van der Waals surface area contributed by atoms with Crippen LogP contribution >= 0.6 is 0 Å². The highest BCUT2D eigenvalue weighted by atomic mass is 16.5. The van der Waals surface area contributed by atoms with Gasteiger partial charge >= 0.3 is 5.97 Å². The van der Waals surface area contributed by atoms with Gasteiger partial charge in [-0.1, -0.05) is 0 Å². The Morgan fingerprint density at radius 3 is 2.72 bits per heavy atom. The van der Waals surface area contributed by atoms with E-state index in [4.69, 9.17) is 4.74 Å². The molecule has 0 saturated carbocycles. The highest BCUT2D eigenvalue weighted by molar-refractivity contribution is 5.93. The molecular formula is C19H14N2O4. The van der Waals surface area contributed by atoms with Gasteiger partial charge in [0.05, 0.1) is 31.4 Å². The van der Waals surface area contributed by atoms with Crippen molar-refractivity contribution in [3.8, 4) is 17.5 Å². The Morgan fingerprint density at radius 1 is 1.28 bits per heavy atom. The zero-order valence-electron chi connectivity index (χ0n) is 13.4. The lowest BCUT2D eigenvalue weighted by atomic mass is 10.1. The number of phenols is 1. The van der Waals surface area contributed by atoms with E-state index in [9.17, 15) is 15.2 Å². The van der Waals surface area contributed by atoms with E-state index in [1.807, 2.05) is 16.7 Å². The van der Waals surface area contributed by atoms with E-state index in [-0.39, 0.29) is 11.3 Å². The lowest BCUT2D eigenvalue weighted by Crippen LogP contribution is -2.02. The summed E-state index contributed by atoms with van der Waals surface area (Å²) in [5.74, 6) is -0.775. The monoisotopic (exact) mass is 334 g/mol. The van der Waals surface area contributed by atoms with Crippen LogP contribution in [0.25, 0.3) is 16.6 Å². The van der Waals surface area contributed by atoms with Crippen LogP contribution < -0.4 is 0 Å². The van der Waals surface area contributed by atoms with Gasteiger partial charge in [0, 0.05) is 23.3 Å². The van der Waals surface area contributed by atoms with Crippen LogP contribution in [0.3, 0.4) is 0 Å². The van der Waals surface area contributed by atoms with Crippen molar-refractivity contribution in [1.29, 1.82) is 5.26 Å². The van der Waals surface area contributed by atoms with E-state index in [1.54, 1.807) is 12.3 Å². The summed E-state index contributed by atoms with van der Waals surface area (Å²) >= 11 is 0. The Labute approximate surface area is 143 Å². The number of carbonyl (C=O) groups excluding carboxylic acids is 1. The van der Waals surface area contributed by atoms with Crippen molar-refractivity contribution >= 4 is 16.9 Å². The van der Waals surface area contributed by atoms with Crippen molar-refractivity contribution in [3.63, 3.8) is 0 Å². The van der Waals surface area contributed by atoms with Gasteiger partial charge in [-0.2, -0.15) is 5.26 Å². The van der Waals surface area contributed by atoms with E-state index in [2.05, 4.69) is 10.8 Å². The number of aromatic hydroxyl groups is 1. The molecule has 0 aliphatic carbocycles. The summed E-state index contributed by atoms with van der Waals surface area (Å²) in [6.07, 6.45) is 1.73. The van der Waals surface area contributed by atoms with Crippen molar-refractivity contribution in [2.75, 3.05) is 7.11 Å². The molecule has 1 aliphatic rings. The minimum Gasteiger partial charge on any atom is -0.507 e. The molecule has 6 nitrogen and oxygen atoms in total. The number of hydrogen-bond acceptors (Lipinski definition) is 5. The molecule has 1 N–H and O–H groups in total. The third-order valence-corrected chi connectivity index (χ3v) is 4.43. The fourth-order valence-corrected chi connectivity index (χ4v) is 3.15. The van der Waals surface area contributed by atoms with Crippen LogP contribution in [0.5, 0.6) is 5.75 Å². The number of fused-ring (bicyclic) bond motifs is 2. The number of esters is 1. The predicted molar refractivity (Wildman–Crippen MR) is 89.5 cm³/mol. The molecule has 1 aliphatic heterocycles. The molecule has 4 rings (SSSR count). The summed E-state index contributed by atoms with van der Waals surface area (Å²) in [6.45, 7) is 1.10. The van der Waals surface area contributed by atoms with E-state index < -0.39 is 5.97 Å². The van der Waals surface area contributed by atoms with Gasteiger partial charge in [-0.3, -0.25) is 0 Å². The van der Waals surface area contributed by atoms with E-state index in [0.29, 0.717) is 24.5 Å². The second-order valence-electron chi connectivity index (χ2n) is 5.85. The van der Waals surface area contributed by atoms with Crippen LogP contribution in [0, 0.1) is 11.3 Å². The molecule has 0 radical (unpaired) electrons. The number of carbonyl (C=O) groups is 1. The number of benzene rings is 2. The molecule has 3 aromatic rings. The zero-order valence-corrected chi connectivity index (χ0v) is 13.4. The van der Waals surface area contributed by atoms with Crippen molar-refractivity contribution in [2.24, 2.45) is 0 Å². The van der Waals surface area contributed by atoms with Crippen LogP contribution in [0.15, 0.2) is 36.5 Å². The smallest absolute Gasteiger partial charge is 0.341 e. The van der Waals surface area contributed by atoms with Crippen molar-refractivity contribution < 1.29 is 19.4 Å². The number of phenolic OH excluding ortho intramolecular Hbond substituents is 1.